The average molecular weight is 356 g/mol. The van der Waals surface area contributed by atoms with Gasteiger partial charge in [-0.3, -0.25) is 9.59 Å². The summed E-state index contributed by atoms with van der Waals surface area (Å²) >= 11 is 0. The van der Waals surface area contributed by atoms with Crippen molar-refractivity contribution < 1.29 is 14.0 Å². The zero-order valence-electron chi connectivity index (χ0n) is 15.5. The van der Waals surface area contributed by atoms with Gasteiger partial charge in [-0.15, -0.1) is 0 Å². The van der Waals surface area contributed by atoms with Crippen molar-refractivity contribution in [3.63, 3.8) is 0 Å². The number of carbonyl (C=O) groups is 2. The molecule has 0 bridgehead atoms. The Morgan fingerprint density at radius 3 is 2.42 bits per heavy atom. The van der Waals surface area contributed by atoms with Crippen LogP contribution in [0.1, 0.15) is 30.5 Å². The first-order valence-corrected chi connectivity index (χ1v) is 8.80. The van der Waals surface area contributed by atoms with Gasteiger partial charge in [0.05, 0.1) is 5.69 Å². The standard InChI is InChI=1S/C21H25FN2O2/c1-4-18-7-5-6-15(2)21(18)24(16(3)25)14-20(26)23-13-12-17-8-10-19(22)11-9-17/h5-11H,4,12-14H2,1-3H3,(H,23,26). The van der Waals surface area contributed by atoms with Gasteiger partial charge in [0, 0.05) is 13.5 Å². The molecule has 0 radical (unpaired) electrons. The van der Waals surface area contributed by atoms with Gasteiger partial charge in [-0.1, -0.05) is 37.3 Å². The molecule has 0 aliphatic heterocycles. The summed E-state index contributed by atoms with van der Waals surface area (Å²) in [6.07, 6.45) is 1.39. The normalized spacial score (nSPS) is 10.5. The van der Waals surface area contributed by atoms with Crippen molar-refractivity contribution in [2.45, 2.75) is 33.6 Å². The predicted octanol–water partition coefficient (Wildman–Crippen LogP) is 3.41. The number of nitrogens with zero attached hydrogens (tertiary/aromatic N) is 1. The minimum atomic E-state index is -0.278. The van der Waals surface area contributed by atoms with E-state index in [-0.39, 0.29) is 24.2 Å². The highest BCUT2D eigenvalue weighted by Gasteiger charge is 2.19. The van der Waals surface area contributed by atoms with Crippen molar-refractivity contribution in [1.29, 1.82) is 0 Å². The van der Waals surface area contributed by atoms with E-state index in [1.165, 1.54) is 24.0 Å². The van der Waals surface area contributed by atoms with Gasteiger partial charge >= 0.3 is 0 Å². The van der Waals surface area contributed by atoms with Crippen molar-refractivity contribution in [1.82, 2.24) is 5.32 Å². The Labute approximate surface area is 154 Å². The molecule has 0 aromatic heterocycles. The summed E-state index contributed by atoms with van der Waals surface area (Å²) in [6, 6.07) is 12.1. The summed E-state index contributed by atoms with van der Waals surface area (Å²) in [5.41, 5.74) is 3.77. The highest BCUT2D eigenvalue weighted by Crippen LogP contribution is 2.25. The summed E-state index contributed by atoms with van der Waals surface area (Å²) in [4.78, 5) is 26.0. The molecule has 0 heterocycles. The molecule has 0 saturated heterocycles. The molecule has 0 unspecified atom stereocenters. The third-order valence-corrected chi connectivity index (χ3v) is 4.30. The van der Waals surface area contributed by atoms with E-state index in [0.29, 0.717) is 13.0 Å². The molecular formula is C21H25FN2O2. The molecule has 138 valence electrons. The molecule has 0 atom stereocenters. The minimum Gasteiger partial charge on any atom is -0.354 e. The second-order valence-electron chi connectivity index (χ2n) is 6.27. The van der Waals surface area contributed by atoms with Gasteiger partial charge < -0.3 is 10.2 Å². The lowest BCUT2D eigenvalue weighted by Gasteiger charge is -2.25. The van der Waals surface area contributed by atoms with Crippen LogP contribution in [-0.2, 0) is 22.4 Å². The Kier molecular flexibility index (Phi) is 6.89. The highest BCUT2D eigenvalue weighted by molar-refractivity contribution is 5.98. The summed E-state index contributed by atoms with van der Waals surface area (Å²) < 4.78 is 12.9. The summed E-state index contributed by atoms with van der Waals surface area (Å²) in [7, 11) is 0. The molecule has 0 aliphatic rings. The van der Waals surface area contributed by atoms with E-state index in [0.717, 1.165) is 28.8 Å². The summed E-state index contributed by atoms with van der Waals surface area (Å²) in [5, 5.41) is 2.83. The SMILES string of the molecule is CCc1cccc(C)c1N(CC(=O)NCCc1ccc(F)cc1)C(C)=O. The molecule has 0 fully saturated rings. The van der Waals surface area contributed by atoms with Gasteiger partial charge in [0.1, 0.15) is 12.4 Å². The lowest BCUT2D eigenvalue weighted by molar-refractivity contribution is -0.123. The Hall–Kier alpha value is -2.69. The maximum absolute atomic E-state index is 12.9. The number of benzene rings is 2. The molecule has 2 amide bonds. The Morgan fingerprint density at radius 2 is 1.81 bits per heavy atom. The minimum absolute atomic E-state index is 0.0173. The quantitative estimate of drug-likeness (QED) is 0.826. The number of anilines is 1. The molecular weight excluding hydrogens is 331 g/mol. The Morgan fingerprint density at radius 1 is 1.12 bits per heavy atom. The van der Waals surface area contributed by atoms with Crippen molar-refractivity contribution in [2.75, 3.05) is 18.0 Å². The summed E-state index contributed by atoms with van der Waals surface area (Å²) in [6.45, 7) is 5.86. The molecule has 0 spiro atoms. The highest BCUT2D eigenvalue weighted by atomic mass is 19.1. The van der Waals surface area contributed by atoms with Crippen LogP contribution in [0.3, 0.4) is 0 Å². The molecule has 0 aliphatic carbocycles. The fraction of sp³-hybridized carbons (Fsp3) is 0.333. The first kappa shape index (κ1) is 19.6. The number of halogens is 1. The number of para-hydroxylation sites is 1. The largest absolute Gasteiger partial charge is 0.354 e. The van der Waals surface area contributed by atoms with Gasteiger partial charge in [0.15, 0.2) is 0 Å². The van der Waals surface area contributed by atoms with Crippen molar-refractivity contribution in [3.05, 3.63) is 65.0 Å². The number of amides is 2. The fourth-order valence-electron chi connectivity index (χ4n) is 2.94. The fourth-order valence-corrected chi connectivity index (χ4v) is 2.94. The lowest BCUT2D eigenvalue weighted by Crippen LogP contribution is -2.41. The maximum atomic E-state index is 12.9. The van der Waals surface area contributed by atoms with Crippen LogP contribution >= 0.6 is 0 Å². The van der Waals surface area contributed by atoms with Crippen LogP contribution in [0.25, 0.3) is 0 Å². The predicted molar refractivity (Wildman–Crippen MR) is 102 cm³/mol. The van der Waals surface area contributed by atoms with Gasteiger partial charge in [-0.2, -0.15) is 0 Å². The third-order valence-electron chi connectivity index (χ3n) is 4.30. The van der Waals surface area contributed by atoms with Gasteiger partial charge in [-0.05, 0) is 48.6 Å². The molecule has 26 heavy (non-hydrogen) atoms. The maximum Gasteiger partial charge on any atom is 0.240 e. The van der Waals surface area contributed by atoms with E-state index < -0.39 is 0 Å². The summed E-state index contributed by atoms with van der Waals surface area (Å²) in [5.74, 6) is -0.657. The van der Waals surface area contributed by atoms with Gasteiger partial charge in [0.2, 0.25) is 11.8 Å². The monoisotopic (exact) mass is 356 g/mol. The lowest BCUT2D eigenvalue weighted by atomic mass is 10.0. The van der Waals surface area contributed by atoms with Crippen LogP contribution in [0, 0.1) is 12.7 Å². The zero-order chi connectivity index (χ0) is 19.1. The topological polar surface area (TPSA) is 49.4 Å². The van der Waals surface area contributed by atoms with Gasteiger partial charge in [0.25, 0.3) is 0 Å². The van der Waals surface area contributed by atoms with Crippen LogP contribution in [-0.4, -0.2) is 24.9 Å². The van der Waals surface area contributed by atoms with Crippen LogP contribution in [0.2, 0.25) is 0 Å². The number of hydrogen-bond acceptors (Lipinski definition) is 2. The second kappa shape index (κ2) is 9.13. The van der Waals surface area contributed by atoms with Crippen LogP contribution in [0.15, 0.2) is 42.5 Å². The van der Waals surface area contributed by atoms with Crippen molar-refractivity contribution in [3.8, 4) is 0 Å². The average Bonchev–Trinajstić information content (AvgIpc) is 2.61. The number of hydrogen-bond donors (Lipinski definition) is 1. The zero-order valence-corrected chi connectivity index (χ0v) is 15.5. The van der Waals surface area contributed by atoms with Crippen LogP contribution in [0.4, 0.5) is 10.1 Å². The van der Waals surface area contributed by atoms with Crippen molar-refractivity contribution >= 4 is 17.5 Å². The van der Waals surface area contributed by atoms with E-state index >= 15 is 0 Å². The van der Waals surface area contributed by atoms with Crippen LogP contribution < -0.4 is 10.2 Å². The van der Waals surface area contributed by atoms with Gasteiger partial charge in [-0.25, -0.2) is 4.39 Å². The third kappa shape index (κ3) is 5.15. The van der Waals surface area contributed by atoms with E-state index in [1.807, 2.05) is 32.0 Å². The molecule has 2 rings (SSSR count). The number of aryl methyl sites for hydroxylation is 2. The molecule has 1 N–H and O–H groups in total. The smallest absolute Gasteiger partial charge is 0.240 e. The number of nitrogens with one attached hydrogen (secondary N) is 1. The molecule has 0 saturated carbocycles. The Balaban J connectivity index is 2.00. The molecule has 4 nitrogen and oxygen atoms in total. The second-order valence-corrected chi connectivity index (χ2v) is 6.27. The first-order chi connectivity index (χ1) is 12.4. The number of carbonyl (C=O) groups excluding carboxylic acids is 2. The van der Waals surface area contributed by atoms with E-state index in [2.05, 4.69) is 5.32 Å². The van der Waals surface area contributed by atoms with E-state index in [4.69, 9.17) is 0 Å². The van der Waals surface area contributed by atoms with E-state index in [9.17, 15) is 14.0 Å². The van der Waals surface area contributed by atoms with Crippen molar-refractivity contribution in [2.24, 2.45) is 0 Å². The van der Waals surface area contributed by atoms with Crippen LogP contribution in [0.5, 0.6) is 0 Å². The van der Waals surface area contributed by atoms with E-state index in [1.54, 1.807) is 12.1 Å². The molecule has 2 aromatic carbocycles. The number of rotatable bonds is 7. The first-order valence-electron chi connectivity index (χ1n) is 8.80. The Bertz CT molecular complexity index is 772. The molecule has 5 heteroatoms. The molecule has 2 aromatic rings.